The predicted molar refractivity (Wildman–Crippen MR) is 69.3 cm³/mol. The minimum atomic E-state index is -4.66. The van der Waals surface area contributed by atoms with Crippen LogP contribution in [0.4, 0.5) is 5.69 Å². The summed E-state index contributed by atoms with van der Waals surface area (Å²) >= 11 is 0. The zero-order valence-electron chi connectivity index (χ0n) is 10.2. The van der Waals surface area contributed by atoms with E-state index in [4.69, 9.17) is 4.55 Å². The molecule has 1 aromatic carbocycles. The Bertz CT molecular complexity index is 750. The molecule has 0 aromatic heterocycles. The Hall–Kier alpha value is -1.75. The van der Waals surface area contributed by atoms with E-state index in [1.165, 1.54) is 0 Å². The van der Waals surface area contributed by atoms with Gasteiger partial charge in [0.25, 0.3) is 20.2 Å². The molecular formula is C10H11NO7S2. The molecule has 0 heterocycles. The van der Waals surface area contributed by atoms with Gasteiger partial charge in [0.1, 0.15) is 0 Å². The van der Waals surface area contributed by atoms with Gasteiger partial charge in [-0.3, -0.25) is 13.5 Å². The number of carbonyl (C=O) groups is 1. The van der Waals surface area contributed by atoms with Gasteiger partial charge in [0.15, 0.2) is 0 Å². The van der Waals surface area contributed by atoms with Crippen molar-refractivity contribution in [1.29, 1.82) is 0 Å². The number of rotatable bonds is 5. The summed E-state index contributed by atoms with van der Waals surface area (Å²) in [6.45, 7) is 3.19. The first-order valence-corrected chi connectivity index (χ1v) is 7.81. The largest absolute Gasteiger partial charge is 0.322 e. The Kier molecular flexibility index (Phi) is 4.65. The van der Waals surface area contributed by atoms with E-state index in [1.54, 1.807) is 0 Å². The molecule has 8 nitrogen and oxygen atoms in total. The molecule has 0 aliphatic heterocycles. The molecule has 0 aliphatic carbocycles. The number of anilines is 1. The fraction of sp³-hybridized carbons (Fsp3) is 0.100. The first-order chi connectivity index (χ1) is 9.10. The summed E-state index contributed by atoms with van der Waals surface area (Å²) in [5, 5.41) is 2.19. The standard InChI is InChI=1S/C10H11NO7S2/c1-3-10(12)11-7-4-8(19(13,14)15)6-9(5-7)20(16,17)18-2/h3-6H,1H2,2H3,(H,11,12)(H,13,14,15). The van der Waals surface area contributed by atoms with Crippen molar-refractivity contribution in [2.45, 2.75) is 9.79 Å². The Labute approximate surface area is 115 Å². The smallest absolute Gasteiger partial charge is 0.296 e. The molecule has 1 aromatic rings. The van der Waals surface area contributed by atoms with E-state index in [9.17, 15) is 21.6 Å². The molecule has 0 saturated heterocycles. The first kappa shape index (κ1) is 16.3. The summed E-state index contributed by atoms with van der Waals surface area (Å²) in [5.41, 5.74) is -0.152. The second-order valence-corrected chi connectivity index (χ2v) is 6.62. The van der Waals surface area contributed by atoms with Crippen LogP contribution in [0.25, 0.3) is 0 Å². The Morgan fingerprint density at radius 2 is 1.80 bits per heavy atom. The van der Waals surface area contributed by atoms with Gasteiger partial charge in [-0.2, -0.15) is 16.8 Å². The van der Waals surface area contributed by atoms with Crippen LogP contribution in [0.5, 0.6) is 0 Å². The maximum absolute atomic E-state index is 11.6. The molecule has 10 heteroatoms. The minimum Gasteiger partial charge on any atom is -0.322 e. The molecule has 110 valence electrons. The van der Waals surface area contributed by atoms with Gasteiger partial charge in [-0.15, -0.1) is 0 Å². The summed E-state index contributed by atoms with van der Waals surface area (Å²) in [5.74, 6) is -0.682. The van der Waals surface area contributed by atoms with Gasteiger partial charge in [0, 0.05) is 5.69 Å². The molecule has 20 heavy (non-hydrogen) atoms. The van der Waals surface area contributed by atoms with Crippen LogP contribution < -0.4 is 5.32 Å². The van der Waals surface area contributed by atoms with Crippen molar-refractivity contribution in [1.82, 2.24) is 0 Å². The van der Waals surface area contributed by atoms with Crippen LogP contribution in [-0.2, 0) is 29.2 Å². The molecule has 1 amide bonds. The normalized spacial score (nSPS) is 11.9. The number of benzene rings is 1. The average molecular weight is 321 g/mol. The number of carbonyl (C=O) groups excluding carboxylic acids is 1. The lowest BCUT2D eigenvalue weighted by atomic mass is 10.3. The average Bonchev–Trinajstić information content (AvgIpc) is 2.37. The predicted octanol–water partition coefficient (Wildman–Crippen LogP) is 0.393. The molecule has 0 unspecified atom stereocenters. The zero-order valence-corrected chi connectivity index (χ0v) is 11.9. The van der Waals surface area contributed by atoms with E-state index < -0.39 is 35.9 Å². The molecule has 0 atom stereocenters. The van der Waals surface area contributed by atoms with Crippen molar-refractivity contribution in [2.75, 3.05) is 12.4 Å². The van der Waals surface area contributed by atoms with Gasteiger partial charge < -0.3 is 5.32 Å². The third kappa shape index (κ3) is 3.87. The van der Waals surface area contributed by atoms with Gasteiger partial charge in [-0.1, -0.05) is 6.58 Å². The molecule has 0 radical (unpaired) electrons. The SMILES string of the molecule is C=CC(=O)Nc1cc(S(=O)(=O)O)cc(S(=O)(=O)OC)c1. The Morgan fingerprint density at radius 1 is 1.25 bits per heavy atom. The van der Waals surface area contributed by atoms with Crippen molar-refractivity contribution in [3.05, 3.63) is 30.9 Å². The first-order valence-electron chi connectivity index (χ1n) is 4.97. The minimum absolute atomic E-state index is 0.152. The van der Waals surface area contributed by atoms with E-state index in [-0.39, 0.29) is 5.69 Å². The van der Waals surface area contributed by atoms with Crippen LogP contribution in [0, 0.1) is 0 Å². The second-order valence-electron chi connectivity index (χ2n) is 3.48. The molecule has 1 rings (SSSR count). The summed E-state index contributed by atoms with van der Waals surface area (Å²) < 4.78 is 58.5. The highest BCUT2D eigenvalue weighted by Gasteiger charge is 2.20. The lowest BCUT2D eigenvalue weighted by molar-refractivity contribution is -0.111. The molecule has 0 bridgehead atoms. The fourth-order valence-electron chi connectivity index (χ4n) is 1.23. The van der Waals surface area contributed by atoms with Crippen LogP contribution in [-0.4, -0.2) is 34.4 Å². The van der Waals surface area contributed by atoms with Gasteiger partial charge >= 0.3 is 0 Å². The van der Waals surface area contributed by atoms with Gasteiger partial charge in [-0.25, -0.2) is 0 Å². The van der Waals surface area contributed by atoms with Gasteiger partial charge in [0.2, 0.25) is 5.91 Å². The van der Waals surface area contributed by atoms with Crippen molar-refractivity contribution in [3.8, 4) is 0 Å². The van der Waals surface area contributed by atoms with Crippen LogP contribution in [0.2, 0.25) is 0 Å². The highest BCUT2D eigenvalue weighted by molar-refractivity contribution is 7.87. The molecule has 0 saturated carbocycles. The third-order valence-electron chi connectivity index (χ3n) is 2.14. The van der Waals surface area contributed by atoms with Crippen molar-refractivity contribution >= 4 is 31.8 Å². The topological polar surface area (TPSA) is 127 Å². The fourth-order valence-corrected chi connectivity index (χ4v) is 2.59. The quantitative estimate of drug-likeness (QED) is 0.456. The number of nitrogens with one attached hydrogen (secondary N) is 1. The Morgan fingerprint density at radius 3 is 2.25 bits per heavy atom. The maximum Gasteiger partial charge on any atom is 0.296 e. The van der Waals surface area contributed by atoms with Crippen molar-refractivity contribution in [2.24, 2.45) is 0 Å². The number of hydrogen-bond acceptors (Lipinski definition) is 6. The van der Waals surface area contributed by atoms with Crippen molar-refractivity contribution in [3.63, 3.8) is 0 Å². The highest BCUT2D eigenvalue weighted by atomic mass is 32.2. The lowest BCUT2D eigenvalue weighted by Gasteiger charge is -2.08. The van der Waals surface area contributed by atoms with Gasteiger partial charge in [0.05, 0.1) is 16.9 Å². The molecule has 0 fully saturated rings. The summed E-state index contributed by atoms with van der Waals surface area (Å²) in [7, 11) is -7.97. The van der Waals surface area contributed by atoms with E-state index in [0.717, 1.165) is 25.3 Å². The monoisotopic (exact) mass is 321 g/mol. The van der Waals surface area contributed by atoms with Gasteiger partial charge in [-0.05, 0) is 24.3 Å². The Balaban J connectivity index is 3.52. The van der Waals surface area contributed by atoms with Crippen LogP contribution in [0.3, 0.4) is 0 Å². The van der Waals surface area contributed by atoms with E-state index in [0.29, 0.717) is 6.07 Å². The summed E-state index contributed by atoms with van der Waals surface area (Å²) in [4.78, 5) is 9.92. The van der Waals surface area contributed by atoms with E-state index in [1.807, 2.05) is 0 Å². The van der Waals surface area contributed by atoms with Crippen LogP contribution >= 0.6 is 0 Å². The van der Waals surface area contributed by atoms with E-state index in [2.05, 4.69) is 16.1 Å². The molecule has 0 spiro atoms. The number of hydrogen-bond donors (Lipinski definition) is 2. The summed E-state index contributed by atoms with van der Waals surface area (Å²) in [6, 6.07) is 2.58. The molecule has 2 N–H and O–H groups in total. The second kappa shape index (κ2) is 5.71. The molecule has 0 aliphatic rings. The third-order valence-corrected chi connectivity index (χ3v) is 4.22. The van der Waals surface area contributed by atoms with Crippen LogP contribution in [0.15, 0.2) is 40.6 Å². The van der Waals surface area contributed by atoms with E-state index >= 15 is 0 Å². The molecular weight excluding hydrogens is 310 g/mol. The van der Waals surface area contributed by atoms with Crippen LogP contribution in [0.1, 0.15) is 0 Å². The lowest BCUT2D eigenvalue weighted by Crippen LogP contribution is -2.11. The summed E-state index contributed by atoms with van der Waals surface area (Å²) in [6.07, 6.45) is 0.907. The van der Waals surface area contributed by atoms with Crippen molar-refractivity contribution < 1.29 is 30.4 Å². The maximum atomic E-state index is 11.6. The zero-order chi connectivity index (χ0) is 15.6. The number of amides is 1. The highest BCUT2D eigenvalue weighted by Crippen LogP contribution is 2.23.